The summed E-state index contributed by atoms with van der Waals surface area (Å²) in [6.45, 7) is 6.61. The second-order valence-corrected chi connectivity index (χ2v) is 8.18. The first-order valence-corrected chi connectivity index (χ1v) is 10.8. The van der Waals surface area contributed by atoms with Gasteiger partial charge in [0.25, 0.3) is 11.8 Å². The number of carbonyl (C=O) groups is 2. The van der Waals surface area contributed by atoms with Gasteiger partial charge in [-0.1, -0.05) is 36.4 Å². The number of hydrogen-bond acceptors (Lipinski definition) is 4. The predicted octanol–water partition coefficient (Wildman–Crippen LogP) is 3.41. The zero-order valence-electron chi connectivity index (χ0n) is 18.1. The van der Waals surface area contributed by atoms with Gasteiger partial charge in [-0.2, -0.15) is 5.10 Å². The molecule has 1 aromatic carbocycles. The van der Waals surface area contributed by atoms with Crippen LogP contribution in [0.25, 0.3) is 0 Å². The monoisotopic (exact) mass is 452 g/mol. The molecule has 3 heterocycles. The molecule has 0 unspecified atom stereocenters. The van der Waals surface area contributed by atoms with Gasteiger partial charge < -0.3 is 14.5 Å². The molecule has 166 valence electrons. The molecule has 0 aliphatic carbocycles. The van der Waals surface area contributed by atoms with E-state index in [4.69, 9.17) is 16.3 Å². The molecule has 0 N–H and O–H groups in total. The molecule has 1 fully saturated rings. The number of allylic oxidation sites excluding steroid dienone is 3. The molecule has 2 aliphatic rings. The topological polar surface area (TPSA) is 67.7 Å². The van der Waals surface area contributed by atoms with Crippen LogP contribution in [0.5, 0.6) is 0 Å². The summed E-state index contributed by atoms with van der Waals surface area (Å²) in [7, 11) is 1.68. The van der Waals surface area contributed by atoms with Crippen molar-refractivity contribution in [3.05, 3.63) is 88.6 Å². The molecule has 0 spiro atoms. The van der Waals surface area contributed by atoms with Crippen molar-refractivity contribution in [3.8, 4) is 0 Å². The summed E-state index contributed by atoms with van der Waals surface area (Å²) in [5.41, 5.74) is 2.93. The van der Waals surface area contributed by atoms with Gasteiger partial charge in [0.1, 0.15) is 18.4 Å². The van der Waals surface area contributed by atoms with Crippen molar-refractivity contribution in [2.75, 3.05) is 20.2 Å². The number of ether oxygens (including phenoxy) is 1. The zero-order valence-corrected chi connectivity index (χ0v) is 18.9. The summed E-state index contributed by atoms with van der Waals surface area (Å²) < 4.78 is 7.67. The Kier molecular flexibility index (Phi) is 6.19. The predicted molar refractivity (Wildman–Crippen MR) is 122 cm³/mol. The molecular formula is C24H25ClN4O3. The summed E-state index contributed by atoms with van der Waals surface area (Å²) in [6.07, 6.45) is 7.67. The van der Waals surface area contributed by atoms with Crippen LogP contribution in [0, 0.1) is 0 Å². The molecule has 4 rings (SSSR count). The van der Waals surface area contributed by atoms with Crippen molar-refractivity contribution < 1.29 is 14.3 Å². The van der Waals surface area contributed by atoms with Crippen LogP contribution >= 0.6 is 11.6 Å². The lowest BCUT2D eigenvalue weighted by molar-refractivity contribution is -0.133. The minimum absolute atomic E-state index is 0.0872. The van der Waals surface area contributed by atoms with Gasteiger partial charge in [0, 0.05) is 30.4 Å². The van der Waals surface area contributed by atoms with E-state index in [-0.39, 0.29) is 18.4 Å². The third-order valence-electron chi connectivity index (χ3n) is 5.72. The van der Waals surface area contributed by atoms with Crippen molar-refractivity contribution in [1.29, 1.82) is 0 Å². The van der Waals surface area contributed by atoms with Crippen LogP contribution in [-0.2, 0) is 22.5 Å². The number of aromatic nitrogens is 2. The Bertz CT molecular complexity index is 1120. The zero-order chi connectivity index (χ0) is 22.8. The number of nitrogens with zero attached hydrogens (tertiary/aromatic N) is 4. The Hall–Kier alpha value is -3.32. The first-order valence-electron chi connectivity index (χ1n) is 10.4. The average Bonchev–Trinajstić information content (AvgIpc) is 3.16. The van der Waals surface area contributed by atoms with E-state index < -0.39 is 6.04 Å². The van der Waals surface area contributed by atoms with Crippen LogP contribution in [0.4, 0.5) is 0 Å². The van der Waals surface area contributed by atoms with E-state index >= 15 is 0 Å². The molecule has 2 aliphatic heterocycles. The maximum atomic E-state index is 13.3. The second kappa shape index (κ2) is 9.04. The third-order valence-corrected chi connectivity index (χ3v) is 5.97. The highest BCUT2D eigenvalue weighted by molar-refractivity contribution is 6.30. The summed E-state index contributed by atoms with van der Waals surface area (Å²) >= 11 is 5.96. The SMILES string of the molecule is C=C/C=C1\C(=C/C)OC[C@H](N2CCc3cn(Cc4ccc(Cl)cc4)nc3C2=O)C(=O)N1C. The Morgan fingerprint density at radius 3 is 2.72 bits per heavy atom. The van der Waals surface area contributed by atoms with Gasteiger partial charge in [0.2, 0.25) is 0 Å². The van der Waals surface area contributed by atoms with E-state index in [0.717, 1.165) is 11.1 Å². The Labute approximate surface area is 192 Å². The van der Waals surface area contributed by atoms with Crippen LogP contribution in [0.1, 0.15) is 28.5 Å². The van der Waals surface area contributed by atoms with E-state index in [1.54, 1.807) is 34.9 Å². The summed E-state index contributed by atoms with van der Waals surface area (Å²) in [5.74, 6) is 0.127. The van der Waals surface area contributed by atoms with E-state index in [0.29, 0.717) is 41.7 Å². The van der Waals surface area contributed by atoms with Crippen molar-refractivity contribution in [1.82, 2.24) is 19.6 Å². The summed E-state index contributed by atoms with van der Waals surface area (Å²) in [5, 5.41) is 5.20. The van der Waals surface area contributed by atoms with Gasteiger partial charge >= 0.3 is 0 Å². The number of amides is 2. The third kappa shape index (κ3) is 4.08. The van der Waals surface area contributed by atoms with Crippen molar-refractivity contribution in [2.45, 2.75) is 25.9 Å². The molecule has 8 heteroatoms. The van der Waals surface area contributed by atoms with Crippen molar-refractivity contribution in [2.24, 2.45) is 0 Å². The minimum Gasteiger partial charge on any atom is -0.489 e. The lowest BCUT2D eigenvalue weighted by Crippen LogP contribution is -2.53. The van der Waals surface area contributed by atoms with Gasteiger partial charge in [-0.3, -0.25) is 14.3 Å². The van der Waals surface area contributed by atoms with Crippen LogP contribution in [0.15, 0.2) is 66.7 Å². The van der Waals surface area contributed by atoms with Crippen molar-refractivity contribution in [3.63, 3.8) is 0 Å². The van der Waals surface area contributed by atoms with Crippen molar-refractivity contribution >= 4 is 23.4 Å². The van der Waals surface area contributed by atoms with Gasteiger partial charge in [-0.15, -0.1) is 0 Å². The first kappa shape index (κ1) is 21.9. The van der Waals surface area contributed by atoms with E-state index in [1.807, 2.05) is 37.4 Å². The molecule has 0 bridgehead atoms. The van der Waals surface area contributed by atoms with Crippen LogP contribution < -0.4 is 0 Å². The summed E-state index contributed by atoms with van der Waals surface area (Å²) in [6, 6.07) is 6.79. The summed E-state index contributed by atoms with van der Waals surface area (Å²) in [4.78, 5) is 29.6. The molecule has 2 amide bonds. The Morgan fingerprint density at radius 2 is 2.03 bits per heavy atom. The average molecular weight is 453 g/mol. The van der Waals surface area contributed by atoms with Gasteiger partial charge in [0.15, 0.2) is 5.69 Å². The van der Waals surface area contributed by atoms with Crippen LogP contribution in [0.2, 0.25) is 5.02 Å². The highest BCUT2D eigenvalue weighted by atomic mass is 35.5. The largest absolute Gasteiger partial charge is 0.489 e. The van der Waals surface area contributed by atoms with E-state index in [9.17, 15) is 9.59 Å². The number of fused-ring (bicyclic) bond motifs is 1. The fraction of sp³-hybridized carbons (Fsp3) is 0.292. The first-order chi connectivity index (χ1) is 15.4. The van der Waals surface area contributed by atoms with Gasteiger partial charge in [0.05, 0.1) is 12.2 Å². The number of halogens is 1. The maximum absolute atomic E-state index is 13.3. The Balaban J connectivity index is 1.57. The van der Waals surface area contributed by atoms with Crippen LogP contribution in [0.3, 0.4) is 0 Å². The maximum Gasteiger partial charge on any atom is 0.275 e. The Morgan fingerprint density at radius 1 is 1.28 bits per heavy atom. The highest BCUT2D eigenvalue weighted by Crippen LogP contribution is 2.26. The number of rotatable bonds is 4. The van der Waals surface area contributed by atoms with Gasteiger partial charge in [-0.25, -0.2) is 0 Å². The standard InChI is InChI=1S/C24H25ClN4O3/c1-4-6-19-21(5-2)32-15-20(23(30)27(19)3)29-12-11-17-14-28(26-22(17)24(29)31)13-16-7-9-18(25)10-8-16/h4-10,14,20H,1,11-13,15H2,2-3H3/b19-6+,21-5+/t20-/m0/s1. The molecule has 32 heavy (non-hydrogen) atoms. The molecule has 1 aromatic heterocycles. The minimum atomic E-state index is -0.729. The van der Waals surface area contributed by atoms with Gasteiger partial charge in [-0.05, 0) is 43.2 Å². The molecule has 0 saturated carbocycles. The number of likely N-dealkylation sites (N-methyl/N-ethyl adjacent to an activating group) is 1. The number of carbonyl (C=O) groups excluding carboxylic acids is 2. The number of hydrogen-bond donors (Lipinski definition) is 0. The molecular weight excluding hydrogens is 428 g/mol. The second-order valence-electron chi connectivity index (χ2n) is 7.74. The highest BCUT2D eigenvalue weighted by Gasteiger charge is 2.40. The van der Waals surface area contributed by atoms with E-state index in [1.165, 1.54) is 4.90 Å². The fourth-order valence-corrected chi connectivity index (χ4v) is 4.17. The normalized spacial score (nSPS) is 21.5. The molecule has 1 saturated heterocycles. The molecule has 1 atom stereocenters. The lowest BCUT2D eigenvalue weighted by atomic mass is 10.0. The smallest absolute Gasteiger partial charge is 0.275 e. The van der Waals surface area contributed by atoms with Crippen LogP contribution in [-0.4, -0.2) is 57.6 Å². The molecule has 7 nitrogen and oxygen atoms in total. The molecule has 2 aromatic rings. The number of benzene rings is 1. The van der Waals surface area contributed by atoms with E-state index in [2.05, 4.69) is 11.7 Å². The molecule has 0 radical (unpaired) electrons. The lowest BCUT2D eigenvalue weighted by Gasteiger charge is -2.32. The quantitative estimate of drug-likeness (QED) is 0.713. The fourth-order valence-electron chi connectivity index (χ4n) is 4.04.